The summed E-state index contributed by atoms with van der Waals surface area (Å²) in [6.07, 6.45) is 0. The number of rotatable bonds is 0. The van der Waals surface area contributed by atoms with Gasteiger partial charge >= 0.3 is 58.2 Å². The zero-order chi connectivity index (χ0) is 12.9. The second-order valence-corrected chi connectivity index (χ2v) is 3.16. The van der Waals surface area contributed by atoms with E-state index < -0.39 is 51.5 Å². The van der Waals surface area contributed by atoms with E-state index in [2.05, 4.69) is 0 Å². The molecule has 0 fully saturated rings. The minimum atomic E-state index is -2.33. The maximum Gasteiger partial charge on any atom is 1.00 e. The molecule has 2 aromatic carbocycles. The third kappa shape index (κ3) is 2.25. The van der Waals surface area contributed by atoms with Gasteiger partial charge in [-0.3, -0.25) is 0 Å². The van der Waals surface area contributed by atoms with Crippen LogP contribution in [-0.2, 0) is 0 Å². The topological polar surface area (TPSA) is 0 Å². The first-order valence-corrected chi connectivity index (χ1v) is 4.15. The van der Waals surface area contributed by atoms with Gasteiger partial charge in [0.05, 0.1) is 10.8 Å². The zero-order valence-corrected chi connectivity index (χ0v) is 13.6. The molecule has 0 unspecified atom stereocenters. The number of hydrogen-bond donors (Lipinski definition) is 0. The fraction of sp³-hybridized carbons (Fsp3) is 0. The normalized spacial score (nSPS) is 10.6. The molecule has 0 radical (unpaired) electrons. The zero-order valence-electron chi connectivity index (χ0n) is 9.72. The van der Waals surface area contributed by atoms with E-state index in [0.717, 1.165) is 0 Å². The van der Waals surface area contributed by atoms with Gasteiger partial charge in [0.1, 0.15) is 5.82 Å². The molecule has 2 aromatic rings. The Hall–Kier alpha value is 0.0152. The van der Waals surface area contributed by atoms with Gasteiger partial charge in [-0.2, -0.15) is 0 Å². The van der Waals surface area contributed by atoms with Crippen molar-refractivity contribution in [2.45, 2.75) is 0 Å². The fourth-order valence-corrected chi connectivity index (χ4v) is 1.43. The molecule has 0 bridgehead atoms. The molecule has 0 amide bonds. The van der Waals surface area contributed by atoms with Crippen molar-refractivity contribution in [1.29, 1.82) is 0 Å². The Morgan fingerprint density at radius 2 is 1.00 bits per heavy atom. The van der Waals surface area contributed by atoms with Crippen molar-refractivity contribution in [3.8, 4) is 0 Å². The summed E-state index contributed by atoms with van der Waals surface area (Å²) in [6, 6.07) is -0.0858. The SMILES string of the molecule is Fc1cc(F)c2c(F)c(F)c(F)c(F)c2c1F.[H-].[Rb+]. The van der Waals surface area contributed by atoms with Crippen LogP contribution in [0.4, 0.5) is 30.7 Å². The molecule has 2 rings (SSSR count). The standard InChI is InChI=1S/C10HF7.Rb.H/c11-2-1-3(12)6(13)5-4(2)7(14)9(16)10(17)8(5)15;;/h1H;;/q;+1;-1. The van der Waals surface area contributed by atoms with Crippen molar-refractivity contribution in [2.24, 2.45) is 0 Å². The first-order chi connectivity index (χ1) is 7.86. The summed E-state index contributed by atoms with van der Waals surface area (Å²) >= 11 is 0. The van der Waals surface area contributed by atoms with Crippen molar-refractivity contribution in [3.63, 3.8) is 0 Å². The van der Waals surface area contributed by atoms with E-state index in [1.807, 2.05) is 0 Å². The molecule has 0 aliphatic carbocycles. The molecule has 0 aliphatic heterocycles. The van der Waals surface area contributed by atoms with Gasteiger partial charge in [0.2, 0.25) is 0 Å². The van der Waals surface area contributed by atoms with E-state index in [0.29, 0.717) is 0 Å². The Morgan fingerprint density at radius 1 is 0.556 bits per heavy atom. The van der Waals surface area contributed by atoms with Crippen LogP contribution in [0.1, 0.15) is 1.43 Å². The van der Waals surface area contributed by atoms with Gasteiger partial charge in [0.15, 0.2) is 34.9 Å². The van der Waals surface area contributed by atoms with Crippen LogP contribution in [0.2, 0.25) is 0 Å². The summed E-state index contributed by atoms with van der Waals surface area (Å²) in [5.41, 5.74) is 0. The molecule has 0 aliphatic rings. The predicted octanol–water partition coefficient (Wildman–Crippen LogP) is 0.930. The van der Waals surface area contributed by atoms with Gasteiger partial charge in [-0.1, -0.05) is 0 Å². The third-order valence-electron chi connectivity index (χ3n) is 2.19. The van der Waals surface area contributed by atoms with Crippen LogP contribution in [0, 0.1) is 40.7 Å². The molecule has 92 valence electrons. The van der Waals surface area contributed by atoms with Gasteiger partial charge in [0, 0.05) is 6.07 Å². The van der Waals surface area contributed by atoms with Gasteiger partial charge in [0.25, 0.3) is 0 Å². The fourth-order valence-electron chi connectivity index (χ4n) is 1.43. The van der Waals surface area contributed by atoms with Crippen LogP contribution in [-0.4, -0.2) is 0 Å². The summed E-state index contributed by atoms with van der Waals surface area (Å²) in [7, 11) is 0. The van der Waals surface area contributed by atoms with E-state index in [9.17, 15) is 30.7 Å². The Labute approximate surface area is 146 Å². The van der Waals surface area contributed by atoms with Gasteiger partial charge in [-0.25, -0.2) is 30.7 Å². The molecule has 0 saturated heterocycles. The average molecular weight is 341 g/mol. The molecule has 8 heteroatoms. The Morgan fingerprint density at radius 3 is 1.50 bits per heavy atom. The van der Waals surface area contributed by atoms with Crippen molar-refractivity contribution < 1.29 is 90.3 Å². The predicted molar refractivity (Wildman–Crippen MR) is 44.8 cm³/mol. The number of benzene rings is 2. The number of hydrogen-bond acceptors (Lipinski definition) is 0. The quantitative estimate of drug-likeness (QED) is 0.380. The summed E-state index contributed by atoms with van der Waals surface area (Å²) in [5, 5.41) is -3.07. The maximum absolute atomic E-state index is 13.1. The van der Waals surface area contributed by atoms with E-state index >= 15 is 0 Å². The van der Waals surface area contributed by atoms with Crippen molar-refractivity contribution >= 4 is 10.8 Å². The van der Waals surface area contributed by atoms with Crippen LogP contribution in [0.25, 0.3) is 10.8 Å². The van der Waals surface area contributed by atoms with Gasteiger partial charge in [-0.05, 0) is 0 Å². The van der Waals surface area contributed by atoms with E-state index in [-0.39, 0.29) is 65.7 Å². The third-order valence-corrected chi connectivity index (χ3v) is 2.19. The summed E-state index contributed by atoms with van der Waals surface area (Å²) in [5.74, 6) is -14.5. The first kappa shape index (κ1) is 16.1. The molecular weight excluding hydrogens is 339 g/mol. The molecule has 0 heterocycles. The van der Waals surface area contributed by atoms with Crippen LogP contribution < -0.4 is 58.2 Å². The monoisotopic (exact) mass is 340 g/mol. The Kier molecular flexibility index (Phi) is 4.96. The van der Waals surface area contributed by atoms with Crippen molar-refractivity contribution in [3.05, 3.63) is 46.8 Å². The molecule has 0 aromatic heterocycles. The second kappa shape index (κ2) is 5.56. The molecule has 0 spiro atoms. The molecule has 18 heavy (non-hydrogen) atoms. The smallest absolute Gasteiger partial charge is 1.00 e. The molecule has 0 nitrogen and oxygen atoms in total. The van der Waals surface area contributed by atoms with Crippen molar-refractivity contribution in [2.75, 3.05) is 0 Å². The first-order valence-electron chi connectivity index (χ1n) is 4.15. The minimum Gasteiger partial charge on any atom is -1.00 e. The summed E-state index contributed by atoms with van der Waals surface area (Å²) in [6.45, 7) is 0. The maximum atomic E-state index is 13.1. The molecule has 0 atom stereocenters. The van der Waals surface area contributed by atoms with E-state index in [4.69, 9.17) is 0 Å². The van der Waals surface area contributed by atoms with Crippen LogP contribution in [0.3, 0.4) is 0 Å². The van der Waals surface area contributed by atoms with Crippen molar-refractivity contribution in [1.82, 2.24) is 0 Å². The largest absolute Gasteiger partial charge is 1.00 e. The Balaban J connectivity index is 0.00000162. The average Bonchev–Trinajstić information content (AvgIpc) is 2.28. The van der Waals surface area contributed by atoms with Crippen LogP contribution >= 0.6 is 0 Å². The van der Waals surface area contributed by atoms with E-state index in [1.165, 1.54) is 0 Å². The second-order valence-electron chi connectivity index (χ2n) is 3.16. The molecular formula is C10H2F7Rb. The molecule has 0 N–H and O–H groups in total. The number of halogens is 7. The van der Waals surface area contributed by atoms with Gasteiger partial charge < -0.3 is 1.43 Å². The van der Waals surface area contributed by atoms with Crippen LogP contribution in [0.15, 0.2) is 6.07 Å². The number of fused-ring (bicyclic) bond motifs is 1. The molecule has 0 saturated carbocycles. The Bertz CT molecular complexity index is 644. The minimum absolute atomic E-state index is 0. The van der Waals surface area contributed by atoms with Gasteiger partial charge in [-0.15, -0.1) is 0 Å². The summed E-state index contributed by atoms with van der Waals surface area (Å²) < 4.78 is 90.6. The van der Waals surface area contributed by atoms with E-state index in [1.54, 1.807) is 0 Å². The summed E-state index contributed by atoms with van der Waals surface area (Å²) in [4.78, 5) is 0. The van der Waals surface area contributed by atoms with Crippen LogP contribution in [0.5, 0.6) is 0 Å².